The minimum atomic E-state index is -4.54. The Morgan fingerprint density at radius 2 is 1.87 bits per heavy atom. The van der Waals surface area contributed by atoms with Gasteiger partial charge in [-0.05, 0) is 23.8 Å². The fourth-order valence-electron chi connectivity index (χ4n) is 1.77. The Hall–Kier alpha value is -2.36. The zero-order valence-electron chi connectivity index (χ0n) is 11.1. The molecule has 0 aliphatic heterocycles. The van der Waals surface area contributed by atoms with Gasteiger partial charge in [-0.15, -0.1) is 0 Å². The molecule has 1 aromatic heterocycles. The van der Waals surface area contributed by atoms with Gasteiger partial charge in [-0.25, -0.2) is 9.78 Å². The highest BCUT2D eigenvalue weighted by Crippen LogP contribution is 2.33. The average molecular weight is 393 g/mol. The summed E-state index contributed by atoms with van der Waals surface area (Å²) in [6.07, 6.45) is -4.82. The van der Waals surface area contributed by atoms with E-state index in [1.807, 2.05) is 0 Å². The first kappa shape index (κ1) is 17.0. The molecule has 1 aromatic carbocycles. The van der Waals surface area contributed by atoms with Gasteiger partial charge >= 0.3 is 12.1 Å². The Labute approximate surface area is 135 Å². The third kappa shape index (κ3) is 3.70. The zero-order chi connectivity index (χ0) is 17.4. The summed E-state index contributed by atoms with van der Waals surface area (Å²) in [6, 6.07) is 2.93. The van der Waals surface area contributed by atoms with Gasteiger partial charge < -0.3 is 15.3 Å². The number of aromatic hydroxyl groups is 2. The van der Waals surface area contributed by atoms with E-state index < -0.39 is 35.0 Å². The van der Waals surface area contributed by atoms with Gasteiger partial charge in [-0.3, -0.25) is 0 Å². The van der Waals surface area contributed by atoms with E-state index in [-0.39, 0.29) is 17.8 Å². The molecular formula is C13H8BrF3N2O4. The zero-order valence-corrected chi connectivity index (χ0v) is 12.7. The number of rotatable bonds is 3. The molecule has 0 atom stereocenters. The van der Waals surface area contributed by atoms with E-state index in [1.54, 1.807) is 0 Å². The predicted octanol–water partition coefficient (Wildman–Crippen LogP) is 2.96. The summed E-state index contributed by atoms with van der Waals surface area (Å²) in [7, 11) is 0. The Bertz CT molecular complexity index is 781. The van der Waals surface area contributed by atoms with E-state index in [0.29, 0.717) is 4.47 Å². The van der Waals surface area contributed by atoms with Gasteiger partial charge in [0.2, 0.25) is 5.75 Å². The van der Waals surface area contributed by atoms with Crippen molar-refractivity contribution in [3.63, 3.8) is 0 Å². The van der Waals surface area contributed by atoms with Crippen LogP contribution in [0.2, 0.25) is 0 Å². The van der Waals surface area contributed by atoms with Crippen LogP contribution >= 0.6 is 15.9 Å². The van der Waals surface area contributed by atoms with Gasteiger partial charge in [0, 0.05) is 10.9 Å². The van der Waals surface area contributed by atoms with Crippen molar-refractivity contribution in [2.45, 2.75) is 12.6 Å². The second kappa shape index (κ2) is 6.03. The summed E-state index contributed by atoms with van der Waals surface area (Å²) < 4.78 is 38.5. The number of carbonyl (C=O) groups is 1. The van der Waals surface area contributed by atoms with Crippen molar-refractivity contribution < 1.29 is 33.3 Å². The average Bonchev–Trinajstić information content (AvgIpc) is 2.43. The van der Waals surface area contributed by atoms with Gasteiger partial charge in [0.1, 0.15) is 5.82 Å². The number of nitrogens with zero attached hydrogens (tertiary/aromatic N) is 2. The number of aromatic carboxylic acids is 1. The molecule has 0 aliphatic carbocycles. The number of aromatic nitrogens is 2. The lowest BCUT2D eigenvalue weighted by molar-refractivity contribution is -0.137. The number of carboxylic acids is 1. The van der Waals surface area contributed by atoms with E-state index in [0.717, 1.165) is 12.1 Å². The first-order valence-corrected chi connectivity index (χ1v) is 6.76. The van der Waals surface area contributed by atoms with Crippen LogP contribution in [0.3, 0.4) is 0 Å². The Morgan fingerprint density at radius 3 is 2.43 bits per heavy atom. The minimum Gasteiger partial charge on any atom is -0.501 e. The van der Waals surface area contributed by atoms with E-state index >= 15 is 0 Å². The van der Waals surface area contributed by atoms with E-state index in [4.69, 9.17) is 5.11 Å². The van der Waals surface area contributed by atoms with Gasteiger partial charge in [0.15, 0.2) is 5.69 Å². The van der Waals surface area contributed by atoms with Crippen LogP contribution in [0.25, 0.3) is 0 Å². The normalized spacial score (nSPS) is 11.5. The van der Waals surface area contributed by atoms with Crippen LogP contribution in [-0.2, 0) is 12.6 Å². The third-order valence-corrected chi connectivity index (χ3v) is 3.61. The van der Waals surface area contributed by atoms with E-state index in [2.05, 4.69) is 25.9 Å². The minimum absolute atomic E-state index is 0.140. The van der Waals surface area contributed by atoms with Gasteiger partial charge in [0.05, 0.1) is 5.56 Å². The second-order valence-electron chi connectivity index (χ2n) is 4.45. The summed E-state index contributed by atoms with van der Waals surface area (Å²) in [6.45, 7) is 0. The fourth-order valence-corrected chi connectivity index (χ4v) is 2.16. The highest BCUT2D eigenvalue weighted by Gasteiger charge is 2.31. The molecule has 10 heteroatoms. The van der Waals surface area contributed by atoms with E-state index in [9.17, 15) is 28.2 Å². The van der Waals surface area contributed by atoms with Crippen molar-refractivity contribution in [2.75, 3.05) is 0 Å². The lowest BCUT2D eigenvalue weighted by Crippen LogP contribution is -2.08. The van der Waals surface area contributed by atoms with Crippen molar-refractivity contribution in [3.05, 3.63) is 45.3 Å². The first-order valence-electron chi connectivity index (χ1n) is 5.97. The molecule has 0 radical (unpaired) electrons. The van der Waals surface area contributed by atoms with E-state index in [1.165, 1.54) is 6.07 Å². The highest BCUT2D eigenvalue weighted by molar-refractivity contribution is 9.10. The molecule has 1 heterocycles. The predicted molar refractivity (Wildman–Crippen MR) is 74.3 cm³/mol. The Balaban J connectivity index is 2.45. The summed E-state index contributed by atoms with van der Waals surface area (Å²) in [5.41, 5.74) is -1.59. The molecule has 0 saturated carbocycles. The van der Waals surface area contributed by atoms with Gasteiger partial charge in [-0.1, -0.05) is 15.9 Å². The second-order valence-corrected chi connectivity index (χ2v) is 5.30. The Morgan fingerprint density at radius 1 is 1.22 bits per heavy atom. The monoisotopic (exact) mass is 392 g/mol. The maximum Gasteiger partial charge on any atom is 0.416 e. The molecule has 3 N–H and O–H groups in total. The highest BCUT2D eigenvalue weighted by atomic mass is 79.9. The third-order valence-electron chi connectivity index (χ3n) is 2.84. The lowest BCUT2D eigenvalue weighted by atomic mass is 10.1. The number of benzene rings is 1. The molecular weight excluding hydrogens is 385 g/mol. The first-order chi connectivity index (χ1) is 10.6. The number of alkyl halides is 3. The molecule has 0 spiro atoms. The molecule has 6 nitrogen and oxygen atoms in total. The van der Waals surface area contributed by atoms with Crippen LogP contribution in [0.1, 0.15) is 27.4 Å². The molecule has 122 valence electrons. The summed E-state index contributed by atoms with van der Waals surface area (Å²) in [4.78, 5) is 17.9. The van der Waals surface area contributed by atoms with Crippen LogP contribution < -0.4 is 0 Å². The molecule has 0 aliphatic rings. The number of hydrogen-bond acceptors (Lipinski definition) is 5. The summed E-state index contributed by atoms with van der Waals surface area (Å²) >= 11 is 3.08. The molecule has 0 saturated heterocycles. The van der Waals surface area contributed by atoms with Crippen molar-refractivity contribution in [1.82, 2.24) is 9.97 Å². The largest absolute Gasteiger partial charge is 0.501 e. The number of halogens is 4. The van der Waals surface area contributed by atoms with Crippen LogP contribution in [0, 0.1) is 0 Å². The molecule has 2 rings (SSSR count). The molecule has 2 aromatic rings. The molecule has 0 bridgehead atoms. The topological polar surface area (TPSA) is 104 Å². The molecule has 23 heavy (non-hydrogen) atoms. The number of hydrogen-bond donors (Lipinski definition) is 3. The number of carboxylic acid groups (broad SMARTS) is 1. The maximum absolute atomic E-state index is 12.7. The molecule has 0 fully saturated rings. The molecule has 0 unspecified atom stereocenters. The van der Waals surface area contributed by atoms with Crippen molar-refractivity contribution in [2.24, 2.45) is 0 Å². The van der Waals surface area contributed by atoms with Gasteiger partial charge in [-0.2, -0.15) is 18.2 Å². The van der Waals surface area contributed by atoms with Crippen molar-refractivity contribution in [3.8, 4) is 11.6 Å². The standard InChI is InChI=1S/C13H8BrF3N2O4/c14-7-2-1-6(13(15,16)17)3-5(7)4-8-18-9(12(22)23)10(20)11(21)19-8/h1-3,20H,4H2,(H,22,23)(H,18,19,21). The SMILES string of the molecule is O=C(O)c1nc(Cc2cc(C(F)(F)F)ccc2Br)nc(O)c1O. The van der Waals surface area contributed by atoms with Crippen molar-refractivity contribution >= 4 is 21.9 Å². The summed E-state index contributed by atoms with van der Waals surface area (Å²) in [5.74, 6) is -3.83. The van der Waals surface area contributed by atoms with Crippen molar-refractivity contribution in [1.29, 1.82) is 0 Å². The van der Waals surface area contributed by atoms with Crippen LogP contribution in [0.5, 0.6) is 11.6 Å². The van der Waals surface area contributed by atoms with Gasteiger partial charge in [0.25, 0.3) is 5.88 Å². The maximum atomic E-state index is 12.7. The molecule has 0 amide bonds. The smallest absolute Gasteiger partial charge is 0.416 e. The summed E-state index contributed by atoms with van der Waals surface area (Å²) in [5, 5.41) is 27.6. The van der Waals surface area contributed by atoms with Crippen LogP contribution in [0.4, 0.5) is 13.2 Å². The fraction of sp³-hybridized carbons (Fsp3) is 0.154. The Kier molecular flexibility index (Phi) is 4.46. The van der Waals surface area contributed by atoms with Crippen LogP contribution in [-0.4, -0.2) is 31.3 Å². The van der Waals surface area contributed by atoms with Crippen LogP contribution in [0.15, 0.2) is 22.7 Å². The lowest BCUT2D eigenvalue weighted by Gasteiger charge is -2.11. The quantitative estimate of drug-likeness (QED) is 0.741.